The molecule has 1 aliphatic rings. The fraction of sp³-hybridized carbons (Fsp3) is 0.875. The molecule has 1 N–H and O–H groups in total. The van der Waals surface area contributed by atoms with Crippen LogP contribution in [0, 0.1) is 0 Å². The summed E-state index contributed by atoms with van der Waals surface area (Å²) in [4.78, 5) is 10.7. The standard InChI is InChI=1S/C8H12BrFO4/c1-3-6(12)7(14-4(2)11)5(10)8(9)13-3/h3,5-8,12H,1-2H3/t3-,5?,6+,7-,8?/m0/s1. The van der Waals surface area contributed by atoms with E-state index in [2.05, 4.69) is 20.7 Å². The lowest BCUT2D eigenvalue weighted by Gasteiger charge is -2.37. The molecule has 0 radical (unpaired) electrons. The van der Waals surface area contributed by atoms with Gasteiger partial charge in [-0.05, 0) is 6.92 Å². The lowest BCUT2D eigenvalue weighted by atomic mass is 10.0. The van der Waals surface area contributed by atoms with E-state index in [0.717, 1.165) is 0 Å². The molecule has 6 heteroatoms. The van der Waals surface area contributed by atoms with E-state index in [-0.39, 0.29) is 0 Å². The van der Waals surface area contributed by atoms with Crippen molar-refractivity contribution in [2.75, 3.05) is 0 Å². The molecular weight excluding hydrogens is 259 g/mol. The van der Waals surface area contributed by atoms with E-state index in [4.69, 9.17) is 4.74 Å². The Balaban J connectivity index is 2.71. The van der Waals surface area contributed by atoms with Crippen molar-refractivity contribution in [2.24, 2.45) is 0 Å². The predicted octanol–water partition coefficient (Wildman–Crippen LogP) is 0.757. The van der Waals surface area contributed by atoms with Crippen molar-refractivity contribution in [2.45, 2.75) is 43.3 Å². The molecule has 1 aliphatic heterocycles. The van der Waals surface area contributed by atoms with Crippen molar-refractivity contribution in [3.05, 3.63) is 0 Å². The largest absolute Gasteiger partial charge is 0.456 e. The first-order chi connectivity index (χ1) is 6.43. The molecule has 0 saturated carbocycles. The average molecular weight is 271 g/mol. The second-order valence-corrected chi connectivity index (χ2v) is 4.10. The summed E-state index contributed by atoms with van der Waals surface area (Å²) in [6.45, 7) is 2.75. The number of esters is 1. The first-order valence-corrected chi connectivity index (χ1v) is 5.14. The Kier molecular flexibility index (Phi) is 3.86. The Hall–Kier alpha value is -0.200. The quantitative estimate of drug-likeness (QED) is 0.565. The number of ether oxygens (including phenoxy) is 2. The van der Waals surface area contributed by atoms with Crippen LogP contribution in [-0.2, 0) is 14.3 Å². The van der Waals surface area contributed by atoms with Gasteiger partial charge in [0.05, 0.1) is 6.10 Å². The topological polar surface area (TPSA) is 55.8 Å². The zero-order valence-corrected chi connectivity index (χ0v) is 9.40. The van der Waals surface area contributed by atoms with Crippen LogP contribution in [0.15, 0.2) is 0 Å². The van der Waals surface area contributed by atoms with Crippen LogP contribution in [0.2, 0.25) is 0 Å². The van der Waals surface area contributed by atoms with Crippen LogP contribution >= 0.6 is 15.9 Å². The zero-order chi connectivity index (χ0) is 10.9. The maximum Gasteiger partial charge on any atom is 0.303 e. The second kappa shape index (κ2) is 4.55. The van der Waals surface area contributed by atoms with Gasteiger partial charge in [0.2, 0.25) is 0 Å². The van der Waals surface area contributed by atoms with Crippen molar-refractivity contribution in [1.29, 1.82) is 0 Å². The van der Waals surface area contributed by atoms with Gasteiger partial charge in [-0.3, -0.25) is 4.79 Å². The van der Waals surface area contributed by atoms with E-state index in [0.29, 0.717) is 0 Å². The van der Waals surface area contributed by atoms with Crippen LogP contribution in [0.5, 0.6) is 0 Å². The Morgan fingerprint density at radius 1 is 1.64 bits per heavy atom. The van der Waals surface area contributed by atoms with Gasteiger partial charge in [-0.25, -0.2) is 4.39 Å². The summed E-state index contributed by atoms with van der Waals surface area (Å²) in [5.41, 5.74) is 0. The monoisotopic (exact) mass is 270 g/mol. The first-order valence-electron chi connectivity index (χ1n) is 4.22. The Morgan fingerprint density at radius 3 is 2.71 bits per heavy atom. The van der Waals surface area contributed by atoms with Crippen LogP contribution in [-0.4, -0.2) is 40.6 Å². The van der Waals surface area contributed by atoms with Gasteiger partial charge in [-0.2, -0.15) is 0 Å². The molecule has 0 amide bonds. The number of rotatable bonds is 1. The van der Waals surface area contributed by atoms with Crippen LogP contribution in [0.1, 0.15) is 13.8 Å². The van der Waals surface area contributed by atoms with E-state index in [1.54, 1.807) is 6.92 Å². The van der Waals surface area contributed by atoms with E-state index in [1.807, 2.05) is 0 Å². The normalized spacial score (nSPS) is 43.4. The highest BCUT2D eigenvalue weighted by Gasteiger charge is 2.45. The van der Waals surface area contributed by atoms with Crippen molar-refractivity contribution >= 4 is 21.9 Å². The minimum absolute atomic E-state index is 0.573. The molecule has 0 aliphatic carbocycles. The van der Waals surface area contributed by atoms with Crippen LogP contribution in [0.3, 0.4) is 0 Å². The molecule has 82 valence electrons. The molecule has 1 heterocycles. The average Bonchev–Trinajstić information content (AvgIpc) is 2.09. The maximum atomic E-state index is 13.4. The third kappa shape index (κ3) is 2.43. The minimum atomic E-state index is -1.56. The summed E-state index contributed by atoms with van der Waals surface area (Å²) in [6, 6.07) is 0. The van der Waals surface area contributed by atoms with Gasteiger partial charge in [0.1, 0.15) is 11.1 Å². The lowest BCUT2D eigenvalue weighted by molar-refractivity contribution is -0.195. The Bertz CT molecular complexity index is 211. The summed E-state index contributed by atoms with van der Waals surface area (Å²) in [7, 11) is 0. The molecule has 14 heavy (non-hydrogen) atoms. The molecule has 1 rings (SSSR count). The number of halogens is 2. The molecule has 0 bridgehead atoms. The van der Waals surface area contributed by atoms with E-state index < -0.39 is 35.5 Å². The number of carbonyl (C=O) groups is 1. The van der Waals surface area contributed by atoms with Gasteiger partial charge < -0.3 is 14.6 Å². The van der Waals surface area contributed by atoms with Crippen molar-refractivity contribution in [3.63, 3.8) is 0 Å². The van der Waals surface area contributed by atoms with Gasteiger partial charge in [0, 0.05) is 6.92 Å². The van der Waals surface area contributed by atoms with Crippen molar-refractivity contribution in [3.8, 4) is 0 Å². The first kappa shape index (κ1) is 11.9. The number of carbonyl (C=O) groups excluding carboxylic acids is 1. The molecule has 5 atom stereocenters. The molecular formula is C8H12BrFO4. The van der Waals surface area contributed by atoms with Gasteiger partial charge in [-0.15, -0.1) is 0 Å². The molecule has 0 spiro atoms. The summed E-state index contributed by atoms with van der Waals surface area (Å²) in [5, 5.41) is 8.66. The van der Waals surface area contributed by atoms with Gasteiger partial charge in [0.15, 0.2) is 12.3 Å². The highest BCUT2D eigenvalue weighted by atomic mass is 79.9. The number of hydrogen-bond acceptors (Lipinski definition) is 4. The van der Waals surface area contributed by atoms with Gasteiger partial charge in [0.25, 0.3) is 0 Å². The smallest absolute Gasteiger partial charge is 0.303 e. The summed E-state index contributed by atoms with van der Waals surface area (Å²) >= 11 is 2.95. The number of aliphatic hydroxyl groups is 1. The minimum Gasteiger partial charge on any atom is -0.456 e. The van der Waals surface area contributed by atoms with E-state index in [1.165, 1.54) is 6.92 Å². The van der Waals surface area contributed by atoms with E-state index >= 15 is 0 Å². The van der Waals surface area contributed by atoms with Crippen LogP contribution < -0.4 is 0 Å². The maximum absolute atomic E-state index is 13.4. The molecule has 0 aromatic heterocycles. The third-order valence-electron chi connectivity index (χ3n) is 2.03. The SMILES string of the molecule is CC(=O)O[C@H]1C(F)C(Br)O[C@@H](C)[C@H]1O. The molecule has 0 aromatic carbocycles. The van der Waals surface area contributed by atoms with Gasteiger partial charge in [-0.1, -0.05) is 15.9 Å². The van der Waals surface area contributed by atoms with Crippen molar-refractivity contribution in [1.82, 2.24) is 0 Å². The second-order valence-electron chi connectivity index (χ2n) is 3.20. The van der Waals surface area contributed by atoms with Gasteiger partial charge >= 0.3 is 5.97 Å². The molecule has 1 saturated heterocycles. The lowest BCUT2D eigenvalue weighted by Crippen LogP contribution is -2.54. The number of hydrogen-bond donors (Lipinski definition) is 1. The third-order valence-corrected chi connectivity index (χ3v) is 2.75. The summed E-state index contributed by atoms with van der Waals surface area (Å²) in [5.74, 6) is -0.620. The highest BCUT2D eigenvalue weighted by molar-refractivity contribution is 9.09. The number of aliphatic hydroxyl groups excluding tert-OH is 1. The molecule has 4 nitrogen and oxygen atoms in total. The molecule has 1 fully saturated rings. The summed E-state index contributed by atoms with van der Waals surface area (Å²) in [6.07, 6.45) is -4.44. The predicted molar refractivity (Wildman–Crippen MR) is 49.7 cm³/mol. The highest BCUT2D eigenvalue weighted by Crippen LogP contribution is 2.28. The number of alkyl halides is 2. The molecule has 0 aromatic rings. The fourth-order valence-corrected chi connectivity index (χ4v) is 1.93. The summed E-state index contributed by atoms with van der Waals surface area (Å²) < 4.78 is 23.1. The van der Waals surface area contributed by atoms with Crippen LogP contribution in [0.4, 0.5) is 4.39 Å². The fourth-order valence-electron chi connectivity index (χ4n) is 1.29. The molecule has 2 unspecified atom stereocenters. The Morgan fingerprint density at radius 2 is 2.21 bits per heavy atom. The van der Waals surface area contributed by atoms with Crippen LogP contribution in [0.25, 0.3) is 0 Å². The van der Waals surface area contributed by atoms with Crippen molar-refractivity contribution < 1.29 is 23.8 Å². The zero-order valence-electron chi connectivity index (χ0n) is 7.81. The van der Waals surface area contributed by atoms with E-state index in [9.17, 15) is 14.3 Å². The Labute approximate surface area is 89.5 Å².